The van der Waals surface area contributed by atoms with E-state index in [9.17, 15) is 9.35 Å². The fourth-order valence-electron chi connectivity index (χ4n) is 1.91. The van der Waals surface area contributed by atoms with Crippen LogP contribution in [-0.2, 0) is 16.9 Å². The van der Waals surface area contributed by atoms with Gasteiger partial charge in [0.2, 0.25) is 0 Å². The van der Waals surface area contributed by atoms with E-state index >= 15 is 0 Å². The molecular weight excluding hydrogens is 290 g/mol. The van der Waals surface area contributed by atoms with Crippen molar-refractivity contribution in [3.05, 3.63) is 53.9 Å². The number of H-pyrrole nitrogens is 1. The van der Waals surface area contributed by atoms with Gasteiger partial charge in [0.25, 0.3) is 0 Å². The van der Waals surface area contributed by atoms with Crippen molar-refractivity contribution < 1.29 is 14.5 Å². The molecule has 2 aromatic heterocycles. The number of aromatic amines is 1. The summed E-state index contributed by atoms with van der Waals surface area (Å²) in [7, 11) is 0. The Hall–Kier alpha value is -2.38. The van der Waals surface area contributed by atoms with Crippen LogP contribution in [0.3, 0.4) is 0 Å². The number of pyridine rings is 1. The molecule has 3 aromatic rings. The second-order valence-electron chi connectivity index (χ2n) is 4.39. The van der Waals surface area contributed by atoms with Crippen LogP contribution >= 0.6 is 0 Å². The van der Waals surface area contributed by atoms with Gasteiger partial charge in [-0.1, -0.05) is 6.07 Å². The van der Waals surface area contributed by atoms with E-state index in [1.807, 2.05) is 6.07 Å². The zero-order valence-corrected chi connectivity index (χ0v) is 11.6. The van der Waals surface area contributed by atoms with E-state index in [0.29, 0.717) is 21.9 Å². The van der Waals surface area contributed by atoms with Crippen molar-refractivity contribution in [1.29, 1.82) is 0 Å². The highest BCUT2D eigenvalue weighted by Crippen LogP contribution is 2.19. The molecule has 3 rings (SSSR count). The lowest BCUT2D eigenvalue weighted by molar-refractivity contribution is 0.0697. The first-order valence-corrected chi connectivity index (χ1v) is 7.47. The molecule has 0 saturated heterocycles. The van der Waals surface area contributed by atoms with Crippen molar-refractivity contribution >= 4 is 28.2 Å². The summed E-state index contributed by atoms with van der Waals surface area (Å²) in [6, 6.07) is 9.97. The topological polar surface area (TPSA) is 102 Å². The summed E-state index contributed by atoms with van der Waals surface area (Å²) in [6.07, 6.45) is 1.64. The third-order valence-electron chi connectivity index (χ3n) is 2.93. The first kappa shape index (κ1) is 13.6. The number of fused-ring (bicyclic) bond motifs is 1. The van der Waals surface area contributed by atoms with Crippen molar-refractivity contribution in [1.82, 2.24) is 15.0 Å². The van der Waals surface area contributed by atoms with Crippen molar-refractivity contribution in [3.8, 4) is 0 Å². The Balaban J connectivity index is 1.88. The van der Waals surface area contributed by atoms with Gasteiger partial charge in [-0.25, -0.2) is 4.79 Å². The number of hydrogen-bond donors (Lipinski definition) is 2. The van der Waals surface area contributed by atoms with Gasteiger partial charge in [-0.15, -0.1) is 0 Å². The average Bonchev–Trinajstić information content (AvgIpc) is 2.91. The van der Waals surface area contributed by atoms with Crippen molar-refractivity contribution in [2.24, 2.45) is 0 Å². The largest absolute Gasteiger partial charge is 0.609 e. The molecule has 7 heteroatoms. The van der Waals surface area contributed by atoms with E-state index in [2.05, 4.69) is 15.0 Å². The number of carboxylic acid groups (broad SMARTS) is 1. The molecule has 1 unspecified atom stereocenters. The predicted molar refractivity (Wildman–Crippen MR) is 77.4 cm³/mol. The van der Waals surface area contributed by atoms with Crippen LogP contribution in [-0.4, -0.2) is 30.6 Å². The van der Waals surface area contributed by atoms with Gasteiger partial charge < -0.3 is 9.66 Å². The highest BCUT2D eigenvalue weighted by molar-refractivity contribution is 7.90. The van der Waals surface area contributed by atoms with Gasteiger partial charge in [0.05, 0.1) is 22.3 Å². The van der Waals surface area contributed by atoms with Crippen molar-refractivity contribution in [3.63, 3.8) is 0 Å². The first-order chi connectivity index (χ1) is 10.1. The highest BCUT2D eigenvalue weighted by atomic mass is 32.2. The normalized spacial score (nSPS) is 12.4. The smallest absolute Gasteiger partial charge is 0.335 e. The monoisotopic (exact) mass is 301 g/mol. The molecule has 21 heavy (non-hydrogen) atoms. The van der Waals surface area contributed by atoms with Gasteiger partial charge in [-0.2, -0.15) is 4.98 Å². The fourth-order valence-corrected chi connectivity index (χ4v) is 2.91. The van der Waals surface area contributed by atoms with Gasteiger partial charge in [-0.05, 0) is 30.3 Å². The van der Waals surface area contributed by atoms with E-state index in [1.165, 1.54) is 12.1 Å². The second kappa shape index (κ2) is 5.55. The van der Waals surface area contributed by atoms with Crippen LogP contribution in [0.25, 0.3) is 11.0 Å². The zero-order chi connectivity index (χ0) is 14.8. The third-order valence-corrected chi connectivity index (χ3v) is 4.11. The number of carboxylic acids is 1. The summed E-state index contributed by atoms with van der Waals surface area (Å²) < 4.78 is 12.3. The van der Waals surface area contributed by atoms with Crippen molar-refractivity contribution in [2.75, 3.05) is 0 Å². The Morgan fingerprint density at radius 1 is 1.33 bits per heavy atom. The lowest BCUT2D eigenvalue weighted by atomic mass is 10.2. The lowest BCUT2D eigenvalue weighted by Gasteiger charge is -2.05. The minimum atomic E-state index is -1.36. The summed E-state index contributed by atoms with van der Waals surface area (Å²) in [5.74, 6) is -0.761. The van der Waals surface area contributed by atoms with E-state index in [-0.39, 0.29) is 11.3 Å². The minimum absolute atomic E-state index is 0.149. The zero-order valence-electron chi connectivity index (χ0n) is 10.8. The number of rotatable bonds is 4. The molecule has 2 heterocycles. The number of nitrogens with one attached hydrogen (secondary N) is 1. The van der Waals surface area contributed by atoms with E-state index in [1.54, 1.807) is 24.4 Å². The maximum Gasteiger partial charge on any atom is 0.335 e. The molecule has 106 valence electrons. The SMILES string of the molecule is O=C(O)c1ccc2[nH]c([S+]([O-])Cc3ccccn3)nc2c1. The van der Waals surface area contributed by atoms with E-state index in [0.717, 1.165) is 0 Å². The quantitative estimate of drug-likeness (QED) is 0.717. The summed E-state index contributed by atoms with van der Waals surface area (Å²) in [4.78, 5) is 22.2. The molecule has 1 atom stereocenters. The average molecular weight is 301 g/mol. The Morgan fingerprint density at radius 2 is 2.19 bits per heavy atom. The number of aromatic carboxylic acids is 1. The summed E-state index contributed by atoms with van der Waals surface area (Å²) in [6.45, 7) is 0. The van der Waals surface area contributed by atoms with Crippen LogP contribution in [0, 0.1) is 0 Å². The molecule has 0 aliphatic rings. The van der Waals surface area contributed by atoms with Crippen LogP contribution in [0.1, 0.15) is 16.1 Å². The van der Waals surface area contributed by atoms with Crippen LogP contribution in [0.4, 0.5) is 0 Å². The standard InChI is InChI=1S/C14H11N3O3S/c18-13(19)9-4-5-11-12(7-9)17-14(16-11)21(20)8-10-3-1-2-6-15-10/h1-7H,8H2,(H,16,17)(H,18,19). The summed E-state index contributed by atoms with van der Waals surface area (Å²) in [5.41, 5.74) is 2.00. The van der Waals surface area contributed by atoms with Gasteiger partial charge >= 0.3 is 11.1 Å². The Labute approximate surface area is 123 Å². The highest BCUT2D eigenvalue weighted by Gasteiger charge is 2.18. The molecule has 0 radical (unpaired) electrons. The molecule has 0 aliphatic heterocycles. The van der Waals surface area contributed by atoms with Gasteiger partial charge in [0.15, 0.2) is 5.75 Å². The van der Waals surface area contributed by atoms with Crippen LogP contribution in [0.5, 0.6) is 0 Å². The maximum atomic E-state index is 12.3. The van der Waals surface area contributed by atoms with Crippen LogP contribution < -0.4 is 0 Å². The molecule has 1 aromatic carbocycles. The molecule has 0 aliphatic carbocycles. The number of carbonyl (C=O) groups is 1. The van der Waals surface area contributed by atoms with Crippen LogP contribution in [0.15, 0.2) is 47.8 Å². The van der Waals surface area contributed by atoms with Crippen LogP contribution in [0.2, 0.25) is 0 Å². The number of nitrogens with zero attached hydrogens (tertiary/aromatic N) is 2. The first-order valence-electron chi connectivity index (χ1n) is 6.15. The number of hydrogen-bond acceptors (Lipinski definition) is 4. The Kier molecular flexibility index (Phi) is 3.59. The molecular formula is C14H11N3O3S. The minimum Gasteiger partial charge on any atom is -0.609 e. The molecule has 6 nitrogen and oxygen atoms in total. The van der Waals surface area contributed by atoms with E-state index in [4.69, 9.17) is 5.11 Å². The predicted octanol–water partition coefficient (Wildman–Crippen LogP) is 1.96. The van der Waals surface area contributed by atoms with Gasteiger partial charge in [-0.3, -0.25) is 9.97 Å². The molecule has 0 bridgehead atoms. The van der Waals surface area contributed by atoms with Crippen molar-refractivity contribution in [2.45, 2.75) is 10.9 Å². The Morgan fingerprint density at radius 3 is 2.90 bits per heavy atom. The van der Waals surface area contributed by atoms with E-state index < -0.39 is 17.1 Å². The molecule has 0 saturated carbocycles. The fraction of sp³-hybridized carbons (Fsp3) is 0.0714. The molecule has 0 amide bonds. The van der Waals surface area contributed by atoms with Gasteiger partial charge in [0, 0.05) is 17.4 Å². The Bertz CT molecular complexity index is 789. The maximum absolute atomic E-state index is 12.3. The number of aromatic nitrogens is 3. The summed E-state index contributed by atoms with van der Waals surface area (Å²) in [5, 5.41) is 9.27. The number of imidazole rings is 1. The number of benzene rings is 1. The van der Waals surface area contributed by atoms with Gasteiger partial charge in [0.1, 0.15) is 0 Å². The summed E-state index contributed by atoms with van der Waals surface area (Å²) >= 11 is -1.36. The lowest BCUT2D eigenvalue weighted by Crippen LogP contribution is -2.07. The third kappa shape index (κ3) is 2.88. The second-order valence-corrected chi connectivity index (χ2v) is 5.76. The molecule has 0 spiro atoms. The molecule has 0 fully saturated rings. The molecule has 2 N–H and O–H groups in total.